The van der Waals surface area contributed by atoms with Crippen molar-refractivity contribution in [1.82, 2.24) is 24.6 Å². The minimum Gasteiger partial charge on any atom is -0.344 e. The van der Waals surface area contributed by atoms with E-state index >= 15 is 0 Å². The maximum Gasteiger partial charge on any atom is 0.265 e. The first-order valence-corrected chi connectivity index (χ1v) is 10.7. The number of hydrogen-bond donors (Lipinski definition) is 1. The number of nitrogens with zero attached hydrogens (tertiary/aromatic N) is 5. The lowest BCUT2D eigenvalue weighted by atomic mass is 10.1. The number of carbonyl (C=O) groups is 2. The van der Waals surface area contributed by atoms with Gasteiger partial charge in [0.15, 0.2) is 10.3 Å². The molecule has 29 heavy (non-hydrogen) atoms. The molecule has 3 aromatic rings. The van der Waals surface area contributed by atoms with Crippen LogP contribution in [0.1, 0.15) is 26.8 Å². The summed E-state index contributed by atoms with van der Waals surface area (Å²) in [4.78, 5) is 30.7. The van der Waals surface area contributed by atoms with Crippen molar-refractivity contribution in [3.05, 3.63) is 52.3 Å². The summed E-state index contributed by atoms with van der Waals surface area (Å²) >= 11 is 2.48. The standard InChI is InChI=1S/C19H22N6O2S2/c1-12-16(17(27)24(2)3)29-18(20-12)21-15(26)11-28-19-23-22-14(25(19)4)10-13-8-6-5-7-9-13/h5-9H,10-11H2,1-4H3,(H,20,21,26). The second-order valence-electron chi connectivity index (χ2n) is 6.59. The van der Waals surface area contributed by atoms with E-state index in [0.717, 1.165) is 11.4 Å². The monoisotopic (exact) mass is 430 g/mol. The van der Waals surface area contributed by atoms with Gasteiger partial charge in [0.05, 0.1) is 11.4 Å². The molecule has 0 saturated heterocycles. The Labute approximate surface area is 177 Å². The molecule has 0 fully saturated rings. The van der Waals surface area contributed by atoms with Crippen LogP contribution in [0.3, 0.4) is 0 Å². The molecule has 0 spiro atoms. The summed E-state index contributed by atoms with van der Waals surface area (Å²) in [6, 6.07) is 10.0. The zero-order valence-corrected chi connectivity index (χ0v) is 18.3. The third kappa shape index (κ3) is 5.21. The smallest absolute Gasteiger partial charge is 0.265 e. The summed E-state index contributed by atoms with van der Waals surface area (Å²) in [5.41, 5.74) is 1.76. The van der Waals surface area contributed by atoms with E-state index in [1.54, 1.807) is 21.0 Å². The van der Waals surface area contributed by atoms with Gasteiger partial charge in [-0.25, -0.2) is 4.98 Å². The highest BCUT2D eigenvalue weighted by molar-refractivity contribution is 7.99. The van der Waals surface area contributed by atoms with Crippen molar-refractivity contribution in [2.24, 2.45) is 7.05 Å². The Morgan fingerprint density at radius 3 is 2.62 bits per heavy atom. The van der Waals surface area contributed by atoms with E-state index in [0.29, 0.717) is 27.3 Å². The van der Waals surface area contributed by atoms with Crippen LogP contribution in [0.5, 0.6) is 0 Å². The van der Waals surface area contributed by atoms with Gasteiger partial charge in [-0.3, -0.25) is 9.59 Å². The predicted octanol–water partition coefficient (Wildman–Crippen LogP) is 2.60. The maximum absolute atomic E-state index is 12.3. The van der Waals surface area contributed by atoms with Crippen molar-refractivity contribution in [2.75, 3.05) is 25.2 Å². The van der Waals surface area contributed by atoms with Gasteiger partial charge in [-0.05, 0) is 12.5 Å². The number of thioether (sulfide) groups is 1. The Hall–Kier alpha value is -2.72. The normalized spacial score (nSPS) is 10.8. The Bertz CT molecular complexity index is 1010. The molecule has 0 aliphatic rings. The molecule has 0 atom stereocenters. The molecular formula is C19H22N6O2S2. The molecule has 0 bridgehead atoms. The van der Waals surface area contributed by atoms with Crippen molar-refractivity contribution in [1.29, 1.82) is 0 Å². The predicted molar refractivity (Wildman–Crippen MR) is 114 cm³/mol. The summed E-state index contributed by atoms with van der Waals surface area (Å²) < 4.78 is 1.90. The molecule has 0 saturated carbocycles. The number of anilines is 1. The molecule has 0 aliphatic carbocycles. The van der Waals surface area contributed by atoms with Crippen LogP contribution in [0.2, 0.25) is 0 Å². The Morgan fingerprint density at radius 1 is 1.21 bits per heavy atom. The average molecular weight is 431 g/mol. The van der Waals surface area contributed by atoms with Crippen LogP contribution in [0.4, 0.5) is 5.13 Å². The molecule has 10 heteroatoms. The van der Waals surface area contributed by atoms with Crippen LogP contribution in [0.15, 0.2) is 35.5 Å². The number of benzene rings is 1. The molecule has 0 unspecified atom stereocenters. The molecule has 1 aromatic carbocycles. The van der Waals surface area contributed by atoms with Gasteiger partial charge >= 0.3 is 0 Å². The third-order valence-corrected chi connectivity index (χ3v) is 6.19. The average Bonchev–Trinajstić information content (AvgIpc) is 3.22. The molecule has 8 nitrogen and oxygen atoms in total. The van der Waals surface area contributed by atoms with Crippen LogP contribution in [0, 0.1) is 6.92 Å². The lowest BCUT2D eigenvalue weighted by Gasteiger charge is -2.07. The maximum atomic E-state index is 12.3. The minimum absolute atomic E-state index is 0.125. The van der Waals surface area contributed by atoms with Gasteiger partial charge in [-0.1, -0.05) is 53.4 Å². The largest absolute Gasteiger partial charge is 0.344 e. The number of aryl methyl sites for hydroxylation is 1. The Kier molecular flexibility index (Phi) is 6.65. The van der Waals surface area contributed by atoms with Crippen molar-refractivity contribution < 1.29 is 9.59 Å². The SMILES string of the molecule is Cc1nc(NC(=O)CSc2nnc(Cc3ccccc3)n2C)sc1C(=O)N(C)C. The van der Waals surface area contributed by atoms with Crippen molar-refractivity contribution in [3.63, 3.8) is 0 Å². The minimum atomic E-state index is -0.208. The lowest BCUT2D eigenvalue weighted by Crippen LogP contribution is -2.21. The Balaban J connectivity index is 1.58. The van der Waals surface area contributed by atoms with Gasteiger partial charge < -0.3 is 14.8 Å². The molecule has 0 aliphatic heterocycles. The second-order valence-corrected chi connectivity index (χ2v) is 8.53. The number of thiazole rings is 1. The third-order valence-electron chi connectivity index (χ3n) is 4.11. The number of hydrogen-bond acceptors (Lipinski definition) is 7. The van der Waals surface area contributed by atoms with Crippen LogP contribution >= 0.6 is 23.1 Å². The molecular weight excluding hydrogens is 408 g/mol. The van der Waals surface area contributed by atoms with Gasteiger partial charge in [0.1, 0.15) is 10.7 Å². The van der Waals surface area contributed by atoms with Crippen LogP contribution in [-0.4, -0.2) is 56.3 Å². The number of aromatic nitrogens is 4. The Morgan fingerprint density at radius 2 is 1.93 bits per heavy atom. The number of rotatable bonds is 7. The molecule has 0 radical (unpaired) electrons. The number of carbonyl (C=O) groups excluding carboxylic acids is 2. The quantitative estimate of drug-likeness (QED) is 0.579. The first kappa shape index (κ1) is 21.0. The molecule has 2 amide bonds. The van der Waals surface area contributed by atoms with Crippen LogP contribution in [-0.2, 0) is 18.3 Å². The molecule has 2 heterocycles. The zero-order valence-electron chi connectivity index (χ0n) is 16.7. The van der Waals surface area contributed by atoms with E-state index in [2.05, 4.69) is 20.5 Å². The molecule has 3 rings (SSSR count). The van der Waals surface area contributed by atoms with Crippen LogP contribution in [0.25, 0.3) is 0 Å². The number of amides is 2. The van der Waals surface area contributed by atoms with E-state index in [1.807, 2.05) is 41.9 Å². The van der Waals surface area contributed by atoms with E-state index < -0.39 is 0 Å². The van der Waals surface area contributed by atoms with Crippen LogP contribution < -0.4 is 5.32 Å². The van der Waals surface area contributed by atoms with Gasteiger partial charge in [0.25, 0.3) is 5.91 Å². The van der Waals surface area contributed by atoms with E-state index in [4.69, 9.17) is 0 Å². The summed E-state index contributed by atoms with van der Waals surface area (Å²) in [6.07, 6.45) is 0.679. The first-order chi connectivity index (χ1) is 13.8. The first-order valence-electron chi connectivity index (χ1n) is 8.89. The fourth-order valence-corrected chi connectivity index (χ4v) is 4.27. The summed E-state index contributed by atoms with van der Waals surface area (Å²) in [7, 11) is 5.26. The fraction of sp³-hybridized carbons (Fsp3) is 0.316. The summed E-state index contributed by atoms with van der Waals surface area (Å²) in [5.74, 6) is 0.675. The highest BCUT2D eigenvalue weighted by Crippen LogP contribution is 2.24. The lowest BCUT2D eigenvalue weighted by molar-refractivity contribution is -0.113. The zero-order chi connectivity index (χ0) is 21.0. The topological polar surface area (TPSA) is 93.0 Å². The van der Waals surface area contributed by atoms with E-state index in [9.17, 15) is 9.59 Å². The molecule has 2 aromatic heterocycles. The molecule has 152 valence electrons. The van der Waals surface area contributed by atoms with Gasteiger partial charge in [-0.2, -0.15) is 0 Å². The van der Waals surface area contributed by atoms with E-state index in [-0.39, 0.29) is 17.6 Å². The fourth-order valence-electron chi connectivity index (χ4n) is 2.54. The summed E-state index contributed by atoms with van der Waals surface area (Å²) in [5, 5.41) is 12.3. The van der Waals surface area contributed by atoms with Crippen molar-refractivity contribution in [3.8, 4) is 0 Å². The highest BCUT2D eigenvalue weighted by atomic mass is 32.2. The second kappa shape index (κ2) is 9.19. The molecule has 1 N–H and O–H groups in total. The van der Waals surface area contributed by atoms with Gasteiger partial charge in [0, 0.05) is 27.6 Å². The van der Waals surface area contributed by atoms with Gasteiger partial charge in [0.2, 0.25) is 5.91 Å². The number of nitrogens with one attached hydrogen (secondary N) is 1. The van der Waals surface area contributed by atoms with E-state index in [1.165, 1.54) is 28.0 Å². The summed E-state index contributed by atoms with van der Waals surface area (Å²) in [6.45, 7) is 1.76. The van der Waals surface area contributed by atoms with Gasteiger partial charge in [-0.15, -0.1) is 10.2 Å². The van der Waals surface area contributed by atoms with Crippen molar-refractivity contribution >= 4 is 40.0 Å². The highest BCUT2D eigenvalue weighted by Gasteiger charge is 2.18. The van der Waals surface area contributed by atoms with Crippen molar-refractivity contribution in [2.45, 2.75) is 18.5 Å².